The first-order valence-corrected chi connectivity index (χ1v) is 9.60. The van der Waals surface area contributed by atoms with Gasteiger partial charge in [0, 0.05) is 32.3 Å². The standard InChI is InChI=1S/C21H22F3N3O3/c1-3-21(23,24)12-30-19-17-14(7-8-26-19)11-27(20(17)29)10-13-5-6-15(16(22)9-13)18(28)25-4-2/h5-9H,3-4,10-12H2,1-2H3,(H,25,28). The molecule has 1 N–H and O–H groups in total. The lowest BCUT2D eigenvalue weighted by Crippen LogP contribution is -2.26. The van der Waals surface area contributed by atoms with Gasteiger partial charge in [-0.1, -0.05) is 13.0 Å². The van der Waals surface area contributed by atoms with Crippen molar-refractivity contribution >= 4 is 11.8 Å². The number of carbonyl (C=O) groups excluding carboxylic acids is 2. The molecule has 160 valence electrons. The van der Waals surface area contributed by atoms with E-state index in [1.165, 1.54) is 30.2 Å². The summed E-state index contributed by atoms with van der Waals surface area (Å²) >= 11 is 0. The molecule has 0 saturated carbocycles. The smallest absolute Gasteiger partial charge is 0.281 e. The molecule has 0 unspecified atom stereocenters. The quantitative estimate of drug-likeness (QED) is 0.708. The molecule has 2 aromatic rings. The fourth-order valence-corrected chi connectivity index (χ4v) is 3.11. The lowest BCUT2D eigenvalue weighted by Gasteiger charge is -2.17. The van der Waals surface area contributed by atoms with Gasteiger partial charge in [0.15, 0.2) is 6.61 Å². The van der Waals surface area contributed by atoms with Gasteiger partial charge in [0.25, 0.3) is 17.7 Å². The lowest BCUT2D eigenvalue weighted by molar-refractivity contribution is -0.0449. The second kappa shape index (κ2) is 8.73. The Labute approximate surface area is 172 Å². The van der Waals surface area contributed by atoms with Crippen LogP contribution in [0, 0.1) is 5.82 Å². The van der Waals surface area contributed by atoms with E-state index in [0.29, 0.717) is 17.7 Å². The Morgan fingerprint density at radius 1 is 1.30 bits per heavy atom. The Kier molecular flexibility index (Phi) is 6.28. The summed E-state index contributed by atoms with van der Waals surface area (Å²) in [6.07, 6.45) is 1.01. The van der Waals surface area contributed by atoms with Crippen molar-refractivity contribution < 1.29 is 27.5 Å². The first-order chi connectivity index (χ1) is 14.3. The van der Waals surface area contributed by atoms with Gasteiger partial charge in [0.2, 0.25) is 5.88 Å². The van der Waals surface area contributed by atoms with Gasteiger partial charge in [-0.05, 0) is 36.2 Å². The third-order valence-corrected chi connectivity index (χ3v) is 4.79. The summed E-state index contributed by atoms with van der Waals surface area (Å²) in [5.41, 5.74) is 1.16. The van der Waals surface area contributed by atoms with Crippen LogP contribution in [-0.4, -0.2) is 40.8 Å². The molecule has 0 fully saturated rings. The minimum atomic E-state index is -3.02. The number of aromatic nitrogens is 1. The third kappa shape index (κ3) is 4.55. The summed E-state index contributed by atoms with van der Waals surface area (Å²) in [7, 11) is 0. The number of hydrogen-bond acceptors (Lipinski definition) is 4. The molecule has 0 spiro atoms. The maximum Gasteiger partial charge on any atom is 0.281 e. The number of benzene rings is 1. The van der Waals surface area contributed by atoms with Crippen LogP contribution in [0.3, 0.4) is 0 Å². The molecule has 9 heteroatoms. The summed E-state index contributed by atoms with van der Waals surface area (Å²) in [5.74, 6) is -4.78. The van der Waals surface area contributed by atoms with Gasteiger partial charge in [0.1, 0.15) is 11.4 Å². The van der Waals surface area contributed by atoms with E-state index >= 15 is 0 Å². The molecule has 0 saturated heterocycles. The van der Waals surface area contributed by atoms with Crippen LogP contribution >= 0.6 is 0 Å². The predicted molar refractivity (Wildman–Crippen MR) is 103 cm³/mol. The second-order valence-electron chi connectivity index (χ2n) is 6.98. The minimum Gasteiger partial charge on any atom is -0.471 e. The number of amides is 2. The van der Waals surface area contributed by atoms with Crippen molar-refractivity contribution in [2.75, 3.05) is 13.2 Å². The Morgan fingerprint density at radius 2 is 2.07 bits per heavy atom. The molecule has 6 nitrogen and oxygen atoms in total. The number of rotatable bonds is 8. The number of halogens is 3. The number of hydrogen-bond donors (Lipinski definition) is 1. The zero-order valence-electron chi connectivity index (χ0n) is 16.7. The number of alkyl halides is 2. The van der Waals surface area contributed by atoms with Gasteiger partial charge in [0.05, 0.1) is 5.56 Å². The average Bonchev–Trinajstić information content (AvgIpc) is 3.03. The van der Waals surface area contributed by atoms with Gasteiger partial charge >= 0.3 is 0 Å². The Hall–Kier alpha value is -3.10. The van der Waals surface area contributed by atoms with E-state index < -0.39 is 30.2 Å². The average molecular weight is 421 g/mol. The van der Waals surface area contributed by atoms with Crippen molar-refractivity contribution in [3.63, 3.8) is 0 Å². The molecule has 3 rings (SSSR count). The Morgan fingerprint density at radius 3 is 2.73 bits per heavy atom. The van der Waals surface area contributed by atoms with Crippen LogP contribution < -0.4 is 10.1 Å². The van der Waals surface area contributed by atoms with Crippen molar-refractivity contribution in [2.24, 2.45) is 0 Å². The molecular formula is C21H22F3N3O3. The van der Waals surface area contributed by atoms with Gasteiger partial charge < -0.3 is 15.0 Å². The Balaban J connectivity index is 1.75. The highest BCUT2D eigenvalue weighted by atomic mass is 19.3. The van der Waals surface area contributed by atoms with Crippen LogP contribution in [0.15, 0.2) is 30.5 Å². The number of nitrogens with zero attached hydrogens (tertiary/aromatic N) is 2. The fourth-order valence-electron chi connectivity index (χ4n) is 3.11. The SMILES string of the molecule is CCNC(=O)c1ccc(CN2Cc3ccnc(OCC(F)(F)CC)c3C2=O)cc1F. The van der Waals surface area contributed by atoms with E-state index in [2.05, 4.69) is 10.3 Å². The van der Waals surface area contributed by atoms with Gasteiger partial charge in [-0.2, -0.15) is 0 Å². The van der Waals surface area contributed by atoms with Crippen molar-refractivity contribution in [2.45, 2.75) is 39.3 Å². The molecule has 0 bridgehead atoms. The molecule has 30 heavy (non-hydrogen) atoms. The highest BCUT2D eigenvalue weighted by Gasteiger charge is 2.34. The molecule has 0 aliphatic carbocycles. The summed E-state index contributed by atoms with van der Waals surface area (Å²) in [6, 6.07) is 5.77. The first kappa shape index (κ1) is 21.6. The largest absolute Gasteiger partial charge is 0.471 e. The van der Waals surface area contributed by atoms with Crippen LogP contribution in [0.5, 0.6) is 5.88 Å². The van der Waals surface area contributed by atoms with Crippen LogP contribution in [-0.2, 0) is 13.1 Å². The summed E-state index contributed by atoms with van der Waals surface area (Å²) in [5, 5.41) is 2.53. The highest BCUT2D eigenvalue weighted by molar-refractivity contribution is 6.00. The van der Waals surface area contributed by atoms with E-state index in [4.69, 9.17) is 4.74 Å². The van der Waals surface area contributed by atoms with Crippen LogP contribution in [0.1, 0.15) is 52.1 Å². The second-order valence-corrected chi connectivity index (χ2v) is 6.98. The predicted octanol–water partition coefficient (Wildman–Crippen LogP) is 3.55. The van der Waals surface area contributed by atoms with Crippen LogP contribution in [0.2, 0.25) is 0 Å². The zero-order valence-corrected chi connectivity index (χ0v) is 16.7. The van der Waals surface area contributed by atoms with Crippen molar-refractivity contribution in [1.29, 1.82) is 0 Å². The van der Waals surface area contributed by atoms with Crippen molar-refractivity contribution in [3.8, 4) is 5.88 Å². The van der Waals surface area contributed by atoms with Crippen molar-refractivity contribution in [3.05, 3.63) is 58.5 Å². The molecule has 2 amide bonds. The fraction of sp³-hybridized carbons (Fsp3) is 0.381. The summed E-state index contributed by atoms with van der Waals surface area (Å²) < 4.78 is 46.5. The molecular weight excluding hydrogens is 399 g/mol. The molecule has 2 heterocycles. The van der Waals surface area contributed by atoms with Crippen LogP contribution in [0.4, 0.5) is 13.2 Å². The summed E-state index contributed by atoms with van der Waals surface area (Å²) in [6.45, 7) is 2.89. The number of fused-ring (bicyclic) bond motifs is 1. The monoisotopic (exact) mass is 421 g/mol. The third-order valence-electron chi connectivity index (χ3n) is 4.79. The van der Waals surface area contributed by atoms with E-state index in [9.17, 15) is 22.8 Å². The van der Waals surface area contributed by atoms with Crippen molar-refractivity contribution in [1.82, 2.24) is 15.2 Å². The van der Waals surface area contributed by atoms with E-state index in [0.717, 1.165) is 0 Å². The highest BCUT2D eigenvalue weighted by Crippen LogP contribution is 2.31. The first-order valence-electron chi connectivity index (χ1n) is 9.60. The summed E-state index contributed by atoms with van der Waals surface area (Å²) in [4.78, 5) is 30.0. The number of ether oxygens (including phenoxy) is 1. The zero-order chi connectivity index (χ0) is 21.9. The molecule has 0 radical (unpaired) electrons. The van der Waals surface area contributed by atoms with Gasteiger partial charge in [-0.15, -0.1) is 0 Å². The molecule has 1 aromatic carbocycles. The van der Waals surface area contributed by atoms with Gasteiger partial charge in [-0.25, -0.2) is 18.2 Å². The topological polar surface area (TPSA) is 71.5 Å². The van der Waals surface area contributed by atoms with E-state index in [1.54, 1.807) is 19.1 Å². The number of carbonyl (C=O) groups is 2. The lowest BCUT2D eigenvalue weighted by atomic mass is 10.1. The molecule has 0 atom stereocenters. The normalized spacial score (nSPS) is 13.4. The number of nitrogens with one attached hydrogen (secondary N) is 1. The van der Waals surface area contributed by atoms with E-state index in [1.807, 2.05) is 0 Å². The van der Waals surface area contributed by atoms with E-state index in [-0.39, 0.29) is 36.5 Å². The molecule has 1 aliphatic heterocycles. The number of pyridine rings is 1. The maximum atomic E-state index is 14.3. The molecule has 1 aliphatic rings. The minimum absolute atomic E-state index is 0.0756. The van der Waals surface area contributed by atoms with Crippen LogP contribution in [0.25, 0.3) is 0 Å². The Bertz CT molecular complexity index is 966. The van der Waals surface area contributed by atoms with Gasteiger partial charge in [-0.3, -0.25) is 9.59 Å². The maximum absolute atomic E-state index is 14.3. The molecule has 1 aromatic heterocycles.